The molecule has 0 spiro atoms. The van der Waals surface area contributed by atoms with Crippen LogP contribution in [0.4, 0.5) is 4.39 Å². The van der Waals surface area contributed by atoms with Gasteiger partial charge in [0.25, 0.3) is 0 Å². The van der Waals surface area contributed by atoms with Crippen molar-refractivity contribution < 1.29 is 9.18 Å². The molecule has 0 aliphatic rings. The van der Waals surface area contributed by atoms with Crippen molar-refractivity contribution in [1.29, 1.82) is 0 Å². The van der Waals surface area contributed by atoms with Gasteiger partial charge in [0, 0.05) is 12.5 Å². The molecule has 0 heterocycles. The smallest absolute Gasteiger partial charge is 0.224 e. The first-order valence-electron chi connectivity index (χ1n) is 6.31. The Morgan fingerprint density at radius 1 is 1.39 bits per heavy atom. The summed E-state index contributed by atoms with van der Waals surface area (Å²) in [6.45, 7) is 7.22. The van der Waals surface area contributed by atoms with Crippen LogP contribution in [0, 0.1) is 11.7 Å². The zero-order chi connectivity index (χ0) is 13.5. The van der Waals surface area contributed by atoms with Crippen molar-refractivity contribution in [2.75, 3.05) is 13.1 Å². The SMILES string of the molecule is CCNCC(C)C(=O)N[C@@H](C)c1cccc(F)c1. The number of halogens is 1. The molecule has 2 N–H and O–H groups in total. The van der Waals surface area contributed by atoms with E-state index in [0.29, 0.717) is 6.54 Å². The topological polar surface area (TPSA) is 41.1 Å². The predicted octanol–water partition coefficient (Wildman–Crippen LogP) is 2.25. The van der Waals surface area contributed by atoms with Gasteiger partial charge in [-0.05, 0) is 31.2 Å². The van der Waals surface area contributed by atoms with Crippen molar-refractivity contribution in [1.82, 2.24) is 10.6 Å². The number of nitrogens with one attached hydrogen (secondary N) is 2. The van der Waals surface area contributed by atoms with E-state index in [2.05, 4.69) is 10.6 Å². The molecule has 0 saturated heterocycles. The molecule has 4 heteroatoms. The number of rotatable bonds is 6. The molecule has 0 aliphatic heterocycles. The highest BCUT2D eigenvalue weighted by molar-refractivity contribution is 5.78. The molecule has 3 nitrogen and oxygen atoms in total. The minimum atomic E-state index is -0.283. The van der Waals surface area contributed by atoms with Crippen molar-refractivity contribution in [2.24, 2.45) is 5.92 Å². The molecular weight excluding hydrogens is 231 g/mol. The molecule has 1 unspecified atom stereocenters. The molecule has 1 amide bonds. The number of hydrogen-bond donors (Lipinski definition) is 2. The van der Waals surface area contributed by atoms with E-state index in [4.69, 9.17) is 0 Å². The van der Waals surface area contributed by atoms with Gasteiger partial charge in [-0.2, -0.15) is 0 Å². The minimum Gasteiger partial charge on any atom is -0.349 e. The summed E-state index contributed by atoms with van der Waals surface area (Å²) in [5.41, 5.74) is 0.777. The first-order valence-corrected chi connectivity index (χ1v) is 6.31. The van der Waals surface area contributed by atoms with Gasteiger partial charge in [0.2, 0.25) is 5.91 Å². The summed E-state index contributed by atoms with van der Waals surface area (Å²) >= 11 is 0. The number of carbonyl (C=O) groups excluding carboxylic acids is 1. The normalized spacial score (nSPS) is 14.0. The van der Waals surface area contributed by atoms with Crippen LogP contribution >= 0.6 is 0 Å². The summed E-state index contributed by atoms with van der Waals surface area (Å²) in [6.07, 6.45) is 0. The number of hydrogen-bond acceptors (Lipinski definition) is 2. The quantitative estimate of drug-likeness (QED) is 0.815. The molecular formula is C14H21FN2O. The van der Waals surface area contributed by atoms with Crippen molar-refractivity contribution in [3.8, 4) is 0 Å². The zero-order valence-electron chi connectivity index (χ0n) is 11.2. The van der Waals surface area contributed by atoms with E-state index in [1.54, 1.807) is 6.07 Å². The van der Waals surface area contributed by atoms with Crippen molar-refractivity contribution in [2.45, 2.75) is 26.8 Å². The fourth-order valence-electron chi connectivity index (χ4n) is 1.67. The van der Waals surface area contributed by atoms with Crippen LogP contribution in [0.3, 0.4) is 0 Å². The molecule has 18 heavy (non-hydrogen) atoms. The highest BCUT2D eigenvalue weighted by atomic mass is 19.1. The predicted molar refractivity (Wildman–Crippen MR) is 70.7 cm³/mol. The van der Waals surface area contributed by atoms with Crippen LogP contribution in [0.2, 0.25) is 0 Å². The first-order chi connectivity index (χ1) is 8.54. The summed E-state index contributed by atoms with van der Waals surface area (Å²) in [7, 11) is 0. The Bertz CT molecular complexity index is 395. The second-order valence-electron chi connectivity index (χ2n) is 4.49. The van der Waals surface area contributed by atoms with E-state index in [-0.39, 0.29) is 23.7 Å². The lowest BCUT2D eigenvalue weighted by Crippen LogP contribution is -2.36. The summed E-state index contributed by atoms with van der Waals surface area (Å²) in [5, 5.41) is 6.02. The van der Waals surface area contributed by atoms with E-state index < -0.39 is 0 Å². The lowest BCUT2D eigenvalue weighted by Gasteiger charge is -2.18. The van der Waals surface area contributed by atoms with Gasteiger partial charge in [0.1, 0.15) is 5.82 Å². The third-order valence-corrected chi connectivity index (χ3v) is 2.86. The summed E-state index contributed by atoms with van der Waals surface area (Å²) in [5.74, 6) is -0.400. The van der Waals surface area contributed by atoms with Crippen molar-refractivity contribution in [3.63, 3.8) is 0 Å². The number of carbonyl (C=O) groups is 1. The van der Waals surface area contributed by atoms with Gasteiger partial charge in [0.15, 0.2) is 0 Å². The fraction of sp³-hybridized carbons (Fsp3) is 0.500. The van der Waals surface area contributed by atoms with Crippen LogP contribution in [0.25, 0.3) is 0 Å². The molecule has 1 aromatic rings. The standard InChI is InChI=1S/C14H21FN2O/c1-4-16-9-10(2)14(18)17-11(3)12-6-5-7-13(15)8-12/h5-8,10-11,16H,4,9H2,1-3H3,(H,17,18)/t10?,11-/m0/s1. The summed E-state index contributed by atoms with van der Waals surface area (Å²) in [6, 6.07) is 6.11. The Morgan fingerprint density at radius 2 is 2.11 bits per heavy atom. The van der Waals surface area contributed by atoms with Gasteiger partial charge in [-0.25, -0.2) is 4.39 Å². The molecule has 1 aromatic carbocycles. The van der Waals surface area contributed by atoms with Gasteiger partial charge in [-0.1, -0.05) is 26.0 Å². The molecule has 2 atom stereocenters. The van der Waals surface area contributed by atoms with Crippen LogP contribution in [0.5, 0.6) is 0 Å². The summed E-state index contributed by atoms with van der Waals surface area (Å²) < 4.78 is 13.1. The molecule has 1 rings (SSSR count). The molecule has 0 aliphatic carbocycles. The van der Waals surface area contributed by atoms with Crippen LogP contribution < -0.4 is 10.6 Å². The Balaban J connectivity index is 2.54. The molecule has 0 saturated carbocycles. The summed E-state index contributed by atoms with van der Waals surface area (Å²) in [4.78, 5) is 11.9. The van der Waals surface area contributed by atoms with Crippen LogP contribution in [0.15, 0.2) is 24.3 Å². The second-order valence-corrected chi connectivity index (χ2v) is 4.49. The van der Waals surface area contributed by atoms with Crippen molar-refractivity contribution in [3.05, 3.63) is 35.6 Å². The van der Waals surface area contributed by atoms with E-state index in [1.807, 2.05) is 26.8 Å². The van der Waals surface area contributed by atoms with E-state index in [0.717, 1.165) is 12.1 Å². The Hall–Kier alpha value is -1.42. The Labute approximate surface area is 108 Å². The van der Waals surface area contributed by atoms with E-state index in [1.165, 1.54) is 12.1 Å². The second kappa shape index (κ2) is 7.11. The maximum absolute atomic E-state index is 13.1. The Morgan fingerprint density at radius 3 is 2.72 bits per heavy atom. The maximum Gasteiger partial charge on any atom is 0.224 e. The van der Waals surface area contributed by atoms with Gasteiger partial charge in [-0.15, -0.1) is 0 Å². The van der Waals surface area contributed by atoms with Crippen LogP contribution in [-0.4, -0.2) is 19.0 Å². The third kappa shape index (κ3) is 4.45. The van der Waals surface area contributed by atoms with Gasteiger partial charge >= 0.3 is 0 Å². The maximum atomic E-state index is 13.1. The van der Waals surface area contributed by atoms with Crippen LogP contribution in [-0.2, 0) is 4.79 Å². The molecule has 100 valence electrons. The highest BCUT2D eigenvalue weighted by Crippen LogP contribution is 2.13. The van der Waals surface area contributed by atoms with Gasteiger partial charge < -0.3 is 10.6 Å². The van der Waals surface area contributed by atoms with Gasteiger partial charge in [-0.3, -0.25) is 4.79 Å². The van der Waals surface area contributed by atoms with E-state index >= 15 is 0 Å². The average molecular weight is 252 g/mol. The van der Waals surface area contributed by atoms with E-state index in [9.17, 15) is 9.18 Å². The number of amides is 1. The third-order valence-electron chi connectivity index (χ3n) is 2.86. The lowest BCUT2D eigenvalue weighted by molar-refractivity contribution is -0.125. The minimum absolute atomic E-state index is 0.0206. The first kappa shape index (κ1) is 14.6. The highest BCUT2D eigenvalue weighted by Gasteiger charge is 2.15. The van der Waals surface area contributed by atoms with Crippen LogP contribution in [0.1, 0.15) is 32.4 Å². The van der Waals surface area contributed by atoms with Crippen molar-refractivity contribution >= 4 is 5.91 Å². The average Bonchev–Trinajstić information content (AvgIpc) is 2.35. The molecule has 0 radical (unpaired) electrons. The Kier molecular flexibility index (Phi) is 5.78. The number of benzene rings is 1. The monoisotopic (exact) mass is 252 g/mol. The molecule has 0 bridgehead atoms. The lowest BCUT2D eigenvalue weighted by atomic mass is 10.1. The fourth-order valence-corrected chi connectivity index (χ4v) is 1.67. The largest absolute Gasteiger partial charge is 0.349 e. The molecule has 0 fully saturated rings. The van der Waals surface area contributed by atoms with Gasteiger partial charge in [0.05, 0.1) is 6.04 Å². The molecule has 0 aromatic heterocycles. The zero-order valence-corrected chi connectivity index (χ0v) is 11.2.